The zero-order valence-electron chi connectivity index (χ0n) is 16.6. The molecule has 1 saturated heterocycles. The van der Waals surface area contributed by atoms with Crippen molar-refractivity contribution in [1.29, 1.82) is 0 Å². The third-order valence-corrected chi connectivity index (χ3v) is 5.17. The van der Waals surface area contributed by atoms with Crippen LogP contribution in [0.3, 0.4) is 0 Å². The summed E-state index contributed by atoms with van der Waals surface area (Å²) >= 11 is 0. The molecule has 2 fully saturated rings. The summed E-state index contributed by atoms with van der Waals surface area (Å²) < 4.78 is 5.56. The van der Waals surface area contributed by atoms with Crippen LogP contribution in [0.25, 0.3) is 0 Å². The minimum absolute atomic E-state index is 0.0309. The van der Waals surface area contributed by atoms with Gasteiger partial charge in [0.15, 0.2) is 0 Å². The number of morpholine rings is 1. The highest BCUT2D eigenvalue weighted by Gasteiger charge is 2.29. The fourth-order valence-corrected chi connectivity index (χ4v) is 3.35. The maximum Gasteiger partial charge on any atom is 0.251 e. The molecule has 2 amide bonds. The number of hydrogen-bond donors (Lipinski definition) is 2. The second kappa shape index (κ2) is 8.61. The van der Waals surface area contributed by atoms with Gasteiger partial charge in [0.05, 0.1) is 12.7 Å². The molecule has 29 heavy (non-hydrogen) atoms. The predicted molar refractivity (Wildman–Crippen MR) is 111 cm³/mol. The molecule has 4 rings (SSSR count). The van der Waals surface area contributed by atoms with Gasteiger partial charge in [0.2, 0.25) is 5.91 Å². The van der Waals surface area contributed by atoms with E-state index in [9.17, 15) is 9.59 Å². The van der Waals surface area contributed by atoms with Gasteiger partial charge in [0.25, 0.3) is 5.91 Å². The first-order chi connectivity index (χ1) is 14.1. The highest BCUT2D eigenvalue weighted by atomic mass is 16.5. The molecule has 1 aromatic carbocycles. The molecule has 2 aliphatic rings. The van der Waals surface area contributed by atoms with Crippen LogP contribution in [0.15, 0.2) is 42.6 Å². The van der Waals surface area contributed by atoms with Crippen LogP contribution in [-0.2, 0) is 16.1 Å². The van der Waals surface area contributed by atoms with E-state index in [0.717, 1.165) is 37.3 Å². The van der Waals surface area contributed by atoms with Crippen molar-refractivity contribution in [1.82, 2.24) is 10.3 Å². The normalized spacial score (nSPS) is 18.9. The minimum Gasteiger partial charge on any atom is -0.375 e. The van der Waals surface area contributed by atoms with Crippen molar-refractivity contribution in [3.8, 4) is 0 Å². The average Bonchev–Trinajstić information content (AvgIpc) is 3.58. The first kappa shape index (κ1) is 19.4. The lowest BCUT2D eigenvalue weighted by atomic mass is 10.1. The first-order valence-electron chi connectivity index (χ1n) is 10.1. The number of hydrogen-bond acceptors (Lipinski definition) is 5. The van der Waals surface area contributed by atoms with Crippen molar-refractivity contribution in [2.75, 3.05) is 29.9 Å². The number of nitrogens with one attached hydrogen (secondary N) is 2. The van der Waals surface area contributed by atoms with Crippen molar-refractivity contribution in [3.05, 3.63) is 53.7 Å². The Morgan fingerprint density at radius 2 is 2.10 bits per heavy atom. The molecule has 7 heteroatoms. The van der Waals surface area contributed by atoms with Crippen molar-refractivity contribution >= 4 is 23.3 Å². The van der Waals surface area contributed by atoms with Crippen molar-refractivity contribution in [3.63, 3.8) is 0 Å². The Balaban J connectivity index is 1.31. The summed E-state index contributed by atoms with van der Waals surface area (Å²) in [5, 5.41) is 5.78. The lowest BCUT2D eigenvalue weighted by molar-refractivity contribution is -0.117. The molecule has 1 aliphatic carbocycles. The van der Waals surface area contributed by atoms with E-state index in [-0.39, 0.29) is 23.8 Å². The number of rotatable bonds is 6. The standard InChI is InChI=1S/C22H26N4O3/c1-15-14-26(9-10-29-15)20-8-5-16(12-23-20)13-24-21(27)18-3-2-4-19(11-18)25-22(28)17-6-7-17/h2-5,8,11-12,15,17H,6-7,9-10,13-14H2,1H3,(H,24,27)(H,25,28). The second-order valence-electron chi connectivity index (χ2n) is 7.68. The molecular formula is C22H26N4O3. The largest absolute Gasteiger partial charge is 0.375 e. The SMILES string of the molecule is CC1CN(c2ccc(CNC(=O)c3cccc(NC(=O)C4CC4)c3)cn2)CCO1. The summed E-state index contributed by atoms with van der Waals surface area (Å²) in [6.45, 7) is 4.82. The van der Waals surface area contributed by atoms with E-state index in [2.05, 4.69) is 27.4 Å². The van der Waals surface area contributed by atoms with E-state index < -0.39 is 0 Å². The Morgan fingerprint density at radius 3 is 2.83 bits per heavy atom. The first-order valence-corrected chi connectivity index (χ1v) is 10.1. The van der Waals surface area contributed by atoms with Gasteiger partial charge in [0, 0.05) is 43.0 Å². The molecule has 1 saturated carbocycles. The maximum absolute atomic E-state index is 12.5. The van der Waals surface area contributed by atoms with Crippen LogP contribution < -0.4 is 15.5 Å². The van der Waals surface area contributed by atoms with Gasteiger partial charge in [-0.2, -0.15) is 0 Å². The fraction of sp³-hybridized carbons (Fsp3) is 0.409. The highest BCUT2D eigenvalue weighted by molar-refractivity contribution is 5.98. The van der Waals surface area contributed by atoms with Gasteiger partial charge in [-0.15, -0.1) is 0 Å². The number of nitrogens with zero attached hydrogens (tertiary/aromatic N) is 2. The Hall–Kier alpha value is -2.93. The van der Waals surface area contributed by atoms with Gasteiger partial charge >= 0.3 is 0 Å². The van der Waals surface area contributed by atoms with Crippen molar-refractivity contribution in [2.45, 2.75) is 32.4 Å². The Morgan fingerprint density at radius 1 is 1.24 bits per heavy atom. The average molecular weight is 394 g/mol. The van der Waals surface area contributed by atoms with Crippen LogP contribution in [0.5, 0.6) is 0 Å². The number of carbonyl (C=O) groups is 2. The smallest absolute Gasteiger partial charge is 0.251 e. The zero-order chi connectivity index (χ0) is 20.2. The Bertz CT molecular complexity index is 880. The number of amides is 2. The molecule has 1 aliphatic heterocycles. The van der Waals surface area contributed by atoms with E-state index in [0.29, 0.717) is 24.4 Å². The van der Waals surface area contributed by atoms with Crippen LogP contribution in [0.4, 0.5) is 11.5 Å². The molecule has 2 N–H and O–H groups in total. The fourth-order valence-electron chi connectivity index (χ4n) is 3.35. The second-order valence-corrected chi connectivity index (χ2v) is 7.68. The molecule has 0 bridgehead atoms. The van der Waals surface area contributed by atoms with Gasteiger partial charge in [-0.3, -0.25) is 9.59 Å². The van der Waals surface area contributed by atoms with Crippen molar-refractivity contribution < 1.29 is 14.3 Å². The molecule has 1 unspecified atom stereocenters. The molecule has 0 radical (unpaired) electrons. The van der Waals surface area contributed by atoms with E-state index in [1.807, 2.05) is 12.1 Å². The topological polar surface area (TPSA) is 83.6 Å². The molecule has 1 aromatic heterocycles. The van der Waals surface area contributed by atoms with Gasteiger partial charge in [-0.05, 0) is 49.6 Å². The molecule has 1 atom stereocenters. The number of carbonyl (C=O) groups excluding carboxylic acids is 2. The number of anilines is 2. The number of pyridine rings is 1. The van der Waals surface area contributed by atoms with Gasteiger partial charge in [-0.1, -0.05) is 12.1 Å². The molecule has 2 heterocycles. The third kappa shape index (κ3) is 5.12. The zero-order valence-corrected chi connectivity index (χ0v) is 16.6. The molecule has 7 nitrogen and oxygen atoms in total. The number of ether oxygens (including phenoxy) is 1. The summed E-state index contributed by atoms with van der Waals surface area (Å²) in [4.78, 5) is 31.1. The van der Waals surface area contributed by atoms with Crippen LogP contribution >= 0.6 is 0 Å². The van der Waals surface area contributed by atoms with Gasteiger partial charge in [-0.25, -0.2) is 4.98 Å². The summed E-state index contributed by atoms with van der Waals surface area (Å²) in [5.41, 5.74) is 2.10. The number of aromatic nitrogens is 1. The lowest BCUT2D eigenvalue weighted by Gasteiger charge is -2.32. The van der Waals surface area contributed by atoms with Crippen LogP contribution in [0.2, 0.25) is 0 Å². The van der Waals surface area contributed by atoms with E-state index in [1.54, 1.807) is 30.5 Å². The highest BCUT2D eigenvalue weighted by Crippen LogP contribution is 2.30. The van der Waals surface area contributed by atoms with Crippen LogP contribution in [-0.4, -0.2) is 42.6 Å². The Kier molecular flexibility index (Phi) is 5.76. The summed E-state index contributed by atoms with van der Waals surface area (Å²) in [5.74, 6) is 0.903. The molecule has 0 spiro atoms. The lowest BCUT2D eigenvalue weighted by Crippen LogP contribution is -2.41. The van der Waals surface area contributed by atoms with Crippen molar-refractivity contribution in [2.24, 2.45) is 5.92 Å². The van der Waals surface area contributed by atoms with E-state index in [4.69, 9.17) is 4.74 Å². The molecule has 2 aromatic rings. The predicted octanol–water partition coefficient (Wildman–Crippen LogP) is 2.59. The van der Waals surface area contributed by atoms with Gasteiger partial charge in [0.1, 0.15) is 5.82 Å². The summed E-state index contributed by atoms with van der Waals surface area (Å²) in [6, 6.07) is 11.0. The summed E-state index contributed by atoms with van der Waals surface area (Å²) in [7, 11) is 0. The molecule has 152 valence electrons. The number of benzene rings is 1. The maximum atomic E-state index is 12.5. The van der Waals surface area contributed by atoms with Crippen LogP contribution in [0.1, 0.15) is 35.7 Å². The third-order valence-electron chi connectivity index (χ3n) is 5.17. The monoisotopic (exact) mass is 394 g/mol. The van der Waals surface area contributed by atoms with Gasteiger partial charge < -0.3 is 20.3 Å². The Labute approximate surface area is 170 Å². The van der Waals surface area contributed by atoms with E-state index >= 15 is 0 Å². The van der Waals surface area contributed by atoms with E-state index in [1.165, 1.54) is 0 Å². The summed E-state index contributed by atoms with van der Waals surface area (Å²) in [6.07, 6.45) is 3.89. The molecular weight excluding hydrogens is 368 g/mol. The van der Waals surface area contributed by atoms with Crippen LogP contribution in [0, 0.1) is 5.92 Å². The quantitative estimate of drug-likeness (QED) is 0.787. The minimum atomic E-state index is -0.182.